The van der Waals surface area contributed by atoms with Crippen molar-refractivity contribution in [2.75, 3.05) is 0 Å². The maximum atomic E-state index is 12.1. The summed E-state index contributed by atoms with van der Waals surface area (Å²) in [5.41, 5.74) is 2.16. The first kappa shape index (κ1) is 15.4. The lowest BCUT2D eigenvalue weighted by atomic mass is 10.1. The molecule has 0 aliphatic heterocycles. The first-order chi connectivity index (χ1) is 10.1. The molecule has 0 bridgehead atoms. The van der Waals surface area contributed by atoms with Crippen molar-refractivity contribution in [2.45, 2.75) is 32.5 Å². The number of hydrogen-bond donors (Lipinski definition) is 1. The topological polar surface area (TPSA) is 34.2 Å². The lowest BCUT2D eigenvalue weighted by molar-refractivity contribution is -0.0498. The fourth-order valence-electron chi connectivity index (χ4n) is 2.16. The van der Waals surface area contributed by atoms with Gasteiger partial charge in [0.2, 0.25) is 0 Å². The Morgan fingerprint density at radius 2 is 1.43 bits per heavy atom. The second kappa shape index (κ2) is 7.13. The van der Waals surface area contributed by atoms with Crippen molar-refractivity contribution in [1.29, 1.82) is 0 Å². The van der Waals surface area contributed by atoms with Crippen LogP contribution in [0.25, 0.3) is 0 Å². The Morgan fingerprint density at radius 1 is 0.905 bits per heavy atom. The molecule has 3 nitrogen and oxygen atoms in total. The standard InChI is InChI=1S/C16H18F2N2O/c1-11(20-12(2)14-7-9-19-10-8-14)13-3-5-15(6-4-13)21-16(17)18/h3-12,16,20H,1-2H3/t11?,12-/m0/s1. The molecule has 5 heteroatoms. The minimum Gasteiger partial charge on any atom is -0.435 e. The van der Waals surface area contributed by atoms with E-state index in [2.05, 4.69) is 22.0 Å². The summed E-state index contributed by atoms with van der Waals surface area (Å²) in [7, 11) is 0. The summed E-state index contributed by atoms with van der Waals surface area (Å²) >= 11 is 0. The minimum absolute atomic E-state index is 0.0914. The van der Waals surface area contributed by atoms with E-state index in [4.69, 9.17) is 0 Å². The van der Waals surface area contributed by atoms with Crippen LogP contribution in [0.2, 0.25) is 0 Å². The zero-order valence-electron chi connectivity index (χ0n) is 12.0. The molecule has 1 aromatic carbocycles. The quantitative estimate of drug-likeness (QED) is 0.870. The first-order valence-corrected chi connectivity index (χ1v) is 6.77. The fourth-order valence-corrected chi connectivity index (χ4v) is 2.16. The van der Waals surface area contributed by atoms with E-state index in [1.165, 1.54) is 0 Å². The van der Waals surface area contributed by atoms with Gasteiger partial charge in [-0.15, -0.1) is 0 Å². The Bertz CT molecular complexity index is 546. The maximum absolute atomic E-state index is 12.1. The SMILES string of the molecule is CC(N[C@@H](C)c1ccncc1)c1ccc(OC(F)F)cc1. The smallest absolute Gasteiger partial charge is 0.387 e. The number of hydrogen-bond acceptors (Lipinski definition) is 3. The van der Waals surface area contributed by atoms with E-state index in [9.17, 15) is 8.78 Å². The Morgan fingerprint density at radius 3 is 1.95 bits per heavy atom. The predicted molar refractivity (Wildman–Crippen MR) is 77.3 cm³/mol. The highest BCUT2D eigenvalue weighted by atomic mass is 19.3. The van der Waals surface area contributed by atoms with Gasteiger partial charge in [-0.2, -0.15) is 8.78 Å². The van der Waals surface area contributed by atoms with Gasteiger partial charge in [0, 0.05) is 24.5 Å². The van der Waals surface area contributed by atoms with Crippen molar-refractivity contribution in [2.24, 2.45) is 0 Å². The van der Waals surface area contributed by atoms with E-state index < -0.39 is 6.61 Å². The number of halogens is 2. The second-order valence-electron chi connectivity index (χ2n) is 4.84. The largest absolute Gasteiger partial charge is 0.435 e. The van der Waals surface area contributed by atoms with Crippen LogP contribution in [0.15, 0.2) is 48.8 Å². The molecule has 0 aliphatic carbocycles. The predicted octanol–water partition coefficient (Wildman–Crippen LogP) is 4.09. The van der Waals surface area contributed by atoms with E-state index >= 15 is 0 Å². The van der Waals surface area contributed by atoms with Gasteiger partial charge in [-0.25, -0.2) is 0 Å². The molecular formula is C16H18F2N2O. The van der Waals surface area contributed by atoms with Gasteiger partial charge >= 0.3 is 6.61 Å². The molecule has 1 aromatic heterocycles. The van der Waals surface area contributed by atoms with Crippen molar-refractivity contribution in [3.8, 4) is 5.75 Å². The number of pyridine rings is 1. The highest BCUT2D eigenvalue weighted by molar-refractivity contribution is 5.29. The van der Waals surface area contributed by atoms with Crippen molar-refractivity contribution < 1.29 is 13.5 Å². The van der Waals surface area contributed by atoms with Gasteiger partial charge in [0.25, 0.3) is 0 Å². The number of alkyl halides is 2. The van der Waals surface area contributed by atoms with Crippen LogP contribution in [-0.4, -0.2) is 11.6 Å². The normalized spacial score (nSPS) is 14.0. The molecular weight excluding hydrogens is 274 g/mol. The van der Waals surface area contributed by atoms with Gasteiger partial charge in [0.1, 0.15) is 5.75 Å². The lowest BCUT2D eigenvalue weighted by Crippen LogP contribution is -2.22. The number of ether oxygens (including phenoxy) is 1. The van der Waals surface area contributed by atoms with Crippen LogP contribution in [0.5, 0.6) is 5.75 Å². The summed E-state index contributed by atoms with van der Waals surface area (Å²) < 4.78 is 28.5. The number of nitrogens with zero attached hydrogens (tertiary/aromatic N) is 1. The molecule has 0 amide bonds. The van der Waals surface area contributed by atoms with Crippen LogP contribution in [0.4, 0.5) is 8.78 Å². The average molecular weight is 292 g/mol. The molecule has 21 heavy (non-hydrogen) atoms. The highest BCUT2D eigenvalue weighted by Gasteiger charge is 2.11. The van der Waals surface area contributed by atoms with Gasteiger partial charge in [-0.1, -0.05) is 12.1 Å². The van der Waals surface area contributed by atoms with Crippen LogP contribution in [0.1, 0.15) is 37.1 Å². The zero-order chi connectivity index (χ0) is 15.2. The van der Waals surface area contributed by atoms with Gasteiger partial charge in [0.05, 0.1) is 0 Å². The molecule has 0 aliphatic rings. The molecule has 0 radical (unpaired) electrons. The highest BCUT2D eigenvalue weighted by Crippen LogP contribution is 2.22. The average Bonchev–Trinajstić information content (AvgIpc) is 2.48. The van der Waals surface area contributed by atoms with Gasteiger partial charge in [-0.05, 0) is 49.2 Å². The molecule has 2 aromatic rings. The molecule has 2 atom stereocenters. The van der Waals surface area contributed by atoms with Crippen LogP contribution < -0.4 is 10.1 Å². The molecule has 1 unspecified atom stereocenters. The Kier molecular flexibility index (Phi) is 5.22. The molecule has 0 saturated heterocycles. The van der Waals surface area contributed by atoms with E-state index in [0.29, 0.717) is 0 Å². The molecule has 0 spiro atoms. The van der Waals surface area contributed by atoms with E-state index in [-0.39, 0.29) is 17.8 Å². The van der Waals surface area contributed by atoms with Crippen LogP contribution in [0.3, 0.4) is 0 Å². The van der Waals surface area contributed by atoms with Gasteiger partial charge < -0.3 is 10.1 Å². The summed E-state index contributed by atoms with van der Waals surface area (Å²) in [6, 6.07) is 10.9. The van der Waals surface area contributed by atoms with E-state index in [1.807, 2.05) is 19.1 Å². The van der Waals surface area contributed by atoms with Gasteiger partial charge in [-0.3, -0.25) is 4.98 Å². The Balaban J connectivity index is 1.98. The summed E-state index contributed by atoms with van der Waals surface area (Å²) in [4.78, 5) is 4.00. The third-order valence-corrected chi connectivity index (χ3v) is 3.31. The lowest BCUT2D eigenvalue weighted by Gasteiger charge is -2.21. The third-order valence-electron chi connectivity index (χ3n) is 3.31. The van der Waals surface area contributed by atoms with Crippen molar-refractivity contribution in [1.82, 2.24) is 10.3 Å². The molecule has 2 rings (SSSR count). The van der Waals surface area contributed by atoms with Crippen LogP contribution in [-0.2, 0) is 0 Å². The number of nitrogens with one attached hydrogen (secondary N) is 1. The van der Waals surface area contributed by atoms with E-state index in [0.717, 1.165) is 11.1 Å². The summed E-state index contributed by atoms with van der Waals surface area (Å²) in [6.07, 6.45) is 3.52. The monoisotopic (exact) mass is 292 g/mol. The third kappa shape index (κ3) is 4.49. The van der Waals surface area contributed by atoms with Crippen molar-refractivity contribution >= 4 is 0 Å². The maximum Gasteiger partial charge on any atom is 0.387 e. The summed E-state index contributed by atoms with van der Waals surface area (Å²) in [6.45, 7) is 1.30. The van der Waals surface area contributed by atoms with Crippen molar-refractivity contribution in [3.63, 3.8) is 0 Å². The number of aromatic nitrogens is 1. The molecule has 1 N–H and O–H groups in total. The number of benzene rings is 1. The summed E-state index contributed by atoms with van der Waals surface area (Å²) in [5.74, 6) is 0.170. The molecule has 0 saturated carbocycles. The Hall–Kier alpha value is -2.01. The Labute approximate surface area is 123 Å². The van der Waals surface area contributed by atoms with Crippen LogP contribution >= 0.6 is 0 Å². The van der Waals surface area contributed by atoms with Crippen LogP contribution in [0, 0.1) is 0 Å². The number of rotatable bonds is 6. The van der Waals surface area contributed by atoms with Gasteiger partial charge in [0.15, 0.2) is 0 Å². The van der Waals surface area contributed by atoms with E-state index in [1.54, 1.807) is 36.7 Å². The molecule has 112 valence electrons. The molecule has 0 fully saturated rings. The second-order valence-corrected chi connectivity index (χ2v) is 4.84. The van der Waals surface area contributed by atoms with Crippen molar-refractivity contribution in [3.05, 3.63) is 59.9 Å². The summed E-state index contributed by atoms with van der Waals surface area (Å²) in [5, 5.41) is 3.46. The first-order valence-electron chi connectivity index (χ1n) is 6.77. The minimum atomic E-state index is -2.79. The zero-order valence-corrected chi connectivity index (χ0v) is 12.0. The fraction of sp³-hybridized carbons (Fsp3) is 0.312. The molecule has 1 heterocycles.